The first-order valence-electron chi connectivity index (χ1n) is 9.63. The van der Waals surface area contributed by atoms with Gasteiger partial charge in [-0.1, -0.05) is 67.5 Å². The first kappa shape index (κ1) is 20.8. The second-order valence-corrected chi connectivity index (χ2v) is 11.1. The van der Waals surface area contributed by atoms with Gasteiger partial charge in [-0.15, -0.1) is 0 Å². The van der Waals surface area contributed by atoms with Gasteiger partial charge in [-0.2, -0.15) is 0 Å². The van der Waals surface area contributed by atoms with Gasteiger partial charge in [0.15, 0.2) is 5.90 Å². The van der Waals surface area contributed by atoms with E-state index in [1.54, 1.807) is 0 Å². The zero-order chi connectivity index (χ0) is 20.1. The molecule has 0 radical (unpaired) electrons. The van der Waals surface area contributed by atoms with E-state index in [4.69, 9.17) is 9.73 Å². The van der Waals surface area contributed by atoms with Crippen molar-refractivity contribution in [1.82, 2.24) is 0 Å². The van der Waals surface area contributed by atoms with Gasteiger partial charge in [0.05, 0.1) is 5.54 Å². The number of phenols is 1. The molecule has 0 aromatic heterocycles. The molecule has 0 fully saturated rings. The number of hydrogen-bond donors (Lipinski definition) is 1. The lowest BCUT2D eigenvalue weighted by molar-refractivity contribution is 0.249. The maximum absolute atomic E-state index is 10.9. The van der Waals surface area contributed by atoms with E-state index in [1.165, 1.54) is 5.56 Å². The van der Waals surface area contributed by atoms with E-state index in [-0.39, 0.29) is 21.8 Å². The minimum Gasteiger partial charge on any atom is -0.507 e. The smallest absolute Gasteiger partial charge is 0.190 e. The fourth-order valence-corrected chi connectivity index (χ4v) is 3.46. The Morgan fingerprint density at radius 2 is 1.42 bits per heavy atom. The number of phenolic OH excluding ortho intramolecular Hbond substituents is 1. The Morgan fingerprint density at radius 3 is 1.77 bits per heavy atom. The van der Waals surface area contributed by atoms with Crippen molar-refractivity contribution in [3.63, 3.8) is 0 Å². The summed E-state index contributed by atoms with van der Waals surface area (Å²) in [5.41, 5.74) is 2.67. The topological polar surface area (TPSA) is 41.8 Å². The van der Waals surface area contributed by atoms with Crippen LogP contribution in [0.25, 0.3) is 0 Å². The highest BCUT2D eigenvalue weighted by Crippen LogP contribution is 2.41. The van der Waals surface area contributed by atoms with Gasteiger partial charge < -0.3 is 9.84 Å². The van der Waals surface area contributed by atoms with Crippen molar-refractivity contribution >= 4 is 5.90 Å². The molecule has 0 saturated heterocycles. The molecule has 1 aromatic carbocycles. The van der Waals surface area contributed by atoms with E-state index in [0.29, 0.717) is 12.4 Å². The molecule has 0 spiro atoms. The highest BCUT2D eigenvalue weighted by atomic mass is 16.5. The molecule has 0 aliphatic carbocycles. The molecule has 0 unspecified atom stereocenters. The number of aromatic hydroxyl groups is 1. The van der Waals surface area contributed by atoms with Crippen LogP contribution in [0.4, 0.5) is 0 Å². The van der Waals surface area contributed by atoms with Crippen molar-refractivity contribution in [1.29, 1.82) is 0 Å². The molecule has 146 valence electrons. The molecule has 1 N–H and O–H groups in total. The van der Waals surface area contributed by atoms with Crippen LogP contribution in [-0.2, 0) is 22.0 Å². The predicted molar refractivity (Wildman–Crippen MR) is 110 cm³/mol. The summed E-state index contributed by atoms with van der Waals surface area (Å²) in [4.78, 5) is 4.79. The largest absolute Gasteiger partial charge is 0.507 e. The van der Waals surface area contributed by atoms with Crippen LogP contribution in [0.15, 0.2) is 17.1 Å². The minimum absolute atomic E-state index is 0.117. The van der Waals surface area contributed by atoms with Crippen LogP contribution in [0.2, 0.25) is 0 Å². The van der Waals surface area contributed by atoms with Crippen LogP contribution in [0.1, 0.15) is 85.9 Å². The van der Waals surface area contributed by atoms with E-state index in [0.717, 1.165) is 23.4 Å². The standard InChI is InChI=1S/C23H37NO2/c1-20(2,3)16-11-15(12-17(18(16)25)21(4,5)6)13-22(7,8)19-24-23(9,10)14-26-19/h11-12,25H,13-14H2,1-10H3. The molecule has 1 aromatic rings. The second kappa shape index (κ2) is 6.28. The van der Waals surface area contributed by atoms with Crippen LogP contribution in [0, 0.1) is 5.41 Å². The first-order valence-corrected chi connectivity index (χ1v) is 9.63. The van der Waals surface area contributed by atoms with Crippen molar-refractivity contribution in [3.05, 3.63) is 28.8 Å². The summed E-state index contributed by atoms with van der Waals surface area (Å²) in [6.45, 7) is 22.1. The van der Waals surface area contributed by atoms with Crippen LogP contribution in [0.3, 0.4) is 0 Å². The zero-order valence-corrected chi connectivity index (χ0v) is 18.4. The summed E-state index contributed by atoms with van der Waals surface area (Å²) in [6.07, 6.45) is 0.828. The van der Waals surface area contributed by atoms with Crippen molar-refractivity contribution in [3.8, 4) is 5.75 Å². The quantitative estimate of drug-likeness (QED) is 0.745. The molecule has 0 amide bonds. The van der Waals surface area contributed by atoms with Crippen LogP contribution >= 0.6 is 0 Å². The number of hydrogen-bond acceptors (Lipinski definition) is 3. The Bertz CT molecular complexity index is 678. The maximum atomic E-state index is 10.9. The van der Waals surface area contributed by atoms with Crippen LogP contribution in [0.5, 0.6) is 5.75 Å². The molecule has 1 heterocycles. The molecule has 0 atom stereocenters. The fraction of sp³-hybridized carbons (Fsp3) is 0.696. The Labute approximate surface area is 159 Å². The molecular weight excluding hydrogens is 322 g/mol. The molecule has 3 heteroatoms. The van der Waals surface area contributed by atoms with E-state index in [9.17, 15) is 5.11 Å². The number of nitrogens with zero attached hydrogens (tertiary/aromatic N) is 1. The molecule has 1 aliphatic heterocycles. The predicted octanol–water partition coefficient (Wildman–Crippen LogP) is 5.76. The van der Waals surface area contributed by atoms with Crippen molar-refractivity contribution in [2.24, 2.45) is 10.4 Å². The Morgan fingerprint density at radius 1 is 0.962 bits per heavy atom. The molecule has 26 heavy (non-hydrogen) atoms. The highest BCUT2D eigenvalue weighted by Gasteiger charge is 2.36. The van der Waals surface area contributed by atoms with Gasteiger partial charge >= 0.3 is 0 Å². The minimum atomic E-state index is -0.185. The normalized spacial score (nSPS) is 17.8. The van der Waals surface area contributed by atoms with Gasteiger partial charge in [-0.05, 0) is 47.8 Å². The van der Waals surface area contributed by atoms with Gasteiger partial charge in [-0.3, -0.25) is 0 Å². The third-order valence-corrected chi connectivity index (χ3v) is 4.98. The summed E-state index contributed by atoms with van der Waals surface area (Å²) in [6, 6.07) is 4.32. The van der Waals surface area contributed by atoms with Gasteiger partial charge in [0.25, 0.3) is 0 Å². The number of aliphatic imine (C=N–C) groups is 1. The number of benzene rings is 1. The van der Waals surface area contributed by atoms with Gasteiger partial charge in [0, 0.05) is 5.41 Å². The Kier molecular flexibility index (Phi) is 5.02. The molecule has 0 saturated carbocycles. The second-order valence-electron chi connectivity index (χ2n) is 11.1. The SMILES string of the molecule is CC1(C)COC(C(C)(C)Cc2cc(C(C)(C)C)c(O)c(C(C)(C)C)c2)=N1. The van der Waals surface area contributed by atoms with Crippen LogP contribution < -0.4 is 0 Å². The van der Waals surface area contributed by atoms with Gasteiger partial charge in [0.1, 0.15) is 12.4 Å². The van der Waals surface area contributed by atoms with Crippen molar-refractivity contribution in [2.45, 2.75) is 92.0 Å². The van der Waals surface area contributed by atoms with Gasteiger partial charge in [0.2, 0.25) is 0 Å². The third kappa shape index (κ3) is 4.42. The maximum Gasteiger partial charge on any atom is 0.190 e. The Hall–Kier alpha value is -1.51. The fourth-order valence-electron chi connectivity index (χ4n) is 3.46. The number of ether oxygens (including phenoxy) is 1. The number of rotatable bonds is 3. The molecule has 1 aliphatic rings. The lowest BCUT2D eigenvalue weighted by Crippen LogP contribution is -2.28. The summed E-state index contributed by atoms with van der Waals surface area (Å²) < 4.78 is 5.92. The van der Waals surface area contributed by atoms with E-state index >= 15 is 0 Å². The first-order chi connectivity index (χ1) is 11.5. The lowest BCUT2D eigenvalue weighted by Gasteiger charge is -2.30. The summed E-state index contributed by atoms with van der Waals surface area (Å²) in [5.74, 6) is 1.27. The average Bonchev–Trinajstić information content (AvgIpc) is 2.79. The monoisotopic (exact) mass is 359 g/mol. The van der Waals surface area contributed by atoms with Crippen LogP contribution in [-0.4, -0.2) is 23.2 Å². The molecule has 0 bridgehead atoms. The summed E-state index contributed by atoms with van der Waals surface area (Å²) >= 11 is 0. The summed E-state index contributed by atoms with van der Waals surface area (Å²) in [5, 5.41) is 10.9. The van der Waals surface area contributed by atoms with E-state index in [2.05, 4.69) is 81.4 Å². The molecular formula is C23H37NO2. The van der Waals surface area contributed by atoms with Crippen molar-refractivity contribution < 1.29 is 9.84 Å². The average molecular weight is 360 g/mol. The zero-order valence-electron chi connectivity index (χ0n) is 18.4. The van der Waals surface area contributed by atoms with Crippen molar-refractivity contribution in [2.75, 3.05) is 6.61 Å². The Balaban J connectivity index is 2.50. The van der Waals surface area contributed by atoms with E-state index < -0.39 is 0 Å². The highest BCUT2D eigenvalue weighted by molar-refractivity contribution is 5.84. The van der Waals surface area contributed by atoms with E-state index in [1.807, 2.05) is 0 Å². The summed E-state index contributed by atoms with van der Waals surface area (Å²) in [7, 11) is 0. The third-order valence-electron chi connectivity index (χ3n) is 4.98. The van der Waals surface area contributed by atoms with Gasteiger partial charge in [-0.25, -0.2) is 4.99 Å². The molecule has 3 nitrogen and oxygen atoms in total. The molecule has 2 rings (SSSR count). The lowest BCUT2D eigenvalue weighted by atomic mass is 9.76.